The molecule has 0 aromatic rings. The molecule has 0 heterocycles. The van der Waals surface area contributed by atoms with Gasteiger partial charge in [-0.05, 0) is 33.6 Å². The van der Waals surface area contributed by atoms with Crippen LogP contribution in [-0.4, -0.2) is 29.4 Å². The van der Waals surface area contributed by atoms with Gasteiger partial charge in [-0.3, -0.25) is 0 Å². The largest absolute Gasteiger partial charge is 0.444 e. The average molecular weight is 217 g/mol. The minimum atomic E-state index is -0.472. The molecule has 0 aromatic heterocycles. The Morgan fingerprint density at radius 3 is 2.40 bits per heavy atom. The van der Waals surface area contributed by atoms with E-state index < -0.39 is 11.7 Å². The smallest absolute Gasteiger partial charge is 0.407 e. The maximum Gasteiger partial charge on any atom is 0.407 e. The predicted octanol–water partition coefficient (Wildman–Crippen LogP) is 2.06. The predicted molar refractivity (Wildman–Crippen MR) is 59.8 cm³/mol. The molecule has 0 unspecified atom stereocenters. The Labute approximate surface area is 92.0 Å². The van der Waals surface area contributed by atoms with Crippen molar-refractivity contribution in [3.05, 3.63) is 0 Å². The van der Waals surface area contributed by atoms with Crippen molar-refractivity contribution in [2.75, 3.05) is 6.61 Å². The van der Waals surface area contributed by atoms with Gasteiger partial charge in [0.2, 0.25) is 0 Å². The second kappa shape index (κ2) is 6.67. The van der Waals surface area contributed by atoms with Crippen LogP contribution in [0, 0.1) is 0 Å². The summed E-state index contributed by atoms with van der Waals surface area (Å²) in [6, 6.07) is 0.00912. The van der Waals surface area contributed by atoms with Crippen molar-refractivity contribution in [3.8, 4) is 0 Å². The molecule has 0 saturated carbocycles. The van der Waals surface area contributed by atoms with Crippen molar-refractivity contribution in [1.29, 1.82) is 0 Å². The van der Waals surface area contributed by atoms with Gasteiger partial charge in [-0.25, -0.2) is 4.79 Å². The molecule has 4 nitrogen and oxygen atoms in total. The first-order chi connectivity index (χ1) is 6.89. The highest BCUT2D eigenvalue weighted by Crippen LogP contribution is 2.08. The minimum absolute atomic E-state index is 0.00912. The number of hydrogen-bond donors (Lipinski definition) is 2. The van der Waals surface area contributed by atoms with Gasteiger partial charge in [0.1, 0.15) is 5.60 Å². The van der Waals surface area contributed by atoms with E-state index in [4.69, 9.17) is 9.84 Å². The van der Waals surface area contributed by atoms with E-state index in [0.717, 1.165) is 12.8 Å². The van der Waals surface area contributed by atoms with Crippen LogP contribution >= 0.6 is 0 Å². The van der Waals surface area contributed by atoms with E-state index >= 15 is 0 Å². The van der Waals surface area contributed by atoms with E-state index in [1.807, 2.05) is 27.7 Å². The molecular weight excluding hydrogens is 194 g/mol. The van der Waals surface area contributed by atoms with Crippen molar-refractivity contribution in [3.63, 3.8) is 0 Å². The number of amides is 1. The van der Waals surface area contributed by atoms with Crippen molar-refractivity contribution in [2.45, 2.75) is 58.6 Å². The second-order valence-corrected chi connectivity index (χ2v) is 4.64. The Morgan fingerprint density at radius 1 is 1.40 bits per heavy atom. The van der Waals surface area contributed by atoms with E-state index in [-0.39, 0.29) is 12.6 Å². The molecule has 0 bridgehead atoms. The highest BCUT2D eigenvalue weighted by Gasteiger charge is 2.18. The standard InChI is InChI=1S/C11H23NO3/c1-5-6-9(7-8-13)12-10(14)15-11(2,3)4/h9,13H,5-8H2,1-4H3,(H,12,14)/t9-/m0/s1. The number of carbonyl (C=O) groups is 1. The SMILES string of the molecule is CCC[C@@H](CCO)NC(=O)OC(C)(C)C. The summed E-state index contributed by atoms with van der Waals surface area (Å²) in [7, 11) is 0. The van der Waals surface area contributed by atoms with Crippen LogP contribution in [-0.2, 0) is 4.74 Å². The van der Waals surface area contributed by atoms with E-state index in [9.17, 15) is 4.79 Å². The molecule has 1 amide bonds. The molecule has 0 aliphatic carbocycles. The van der Waals surface area contributed by atoms with Gasteiger partial charge in [0.05, 0.1) is 0 Å². The van der Waals surface area contributed by atoms with E-state index in [0.29, 0.717) is 6.42 Å². The number of rotatable bonds is 5. The molecule has 15 heavy (non-hydrogen) atoms. The molecule has 0 aliphatic rings. The highest BCUT2D eigenvalue weighted by atomic mass is 16.6. The van der Waals surface area contributed by atoms with Gasteiger partial charge in [0.15, 0.2) is 0 Å². The zero-order chi connectivity index (χ0) is 11.9. The summed E-state index contributed by atoms with van der Waals surface area (Å²) >= 11 is 0. The molecule has 0 aliphatic heterocycles. The Morgan fingerprint density at radius 2 is 2.00 bits per heavy atom. The molecule has 0 saturated heterocycles. The third kappa shape index (κ3) is 8.24. The Kier molecular flexibility index (Phi) is 6.32. The topological polar surface area (TPSA) is 58.6 Å². The van der Waals surface area contributed by atoms with Crippen LogP contribution < -0.4 is 5.32 Å². The Hall–Kier alpha value is -0.770. The highest BCUT2D eigenvalue weighted by molar-refractivity contribution is 5.68. The number of carbonyl (C=O) groups excluding carboxylic acids is 1. The van der Waals surface area contributed by atoms with Crippen LogP contribution in [0.3, 0.4) is 0 Å². The van der Waals surface area contributed by atoms with Gasteiger partial charge in [-0.2, -0.15) is 0 Å². The van der Waals surface area contributed by atoms with Crippen LogP contribution in [0.4, 0.5) is 4.79 Å². The van der Waals surface area contributed by atoms with E-state index in [2.05, 4.69) is 5.32 Å². The van der Waals surface area contributed by atoms with Gasteiger partial charge in [0, 0.05) is 12.6 Å². The number of aliphatic hydroxyl groups excluding tert-OH is 1. The fraction of sp³-hybridized carbons (Fsp3) is 0.909. The van der Waals surface area contributed by atoms with Crippen LogP contribution in [0.15, 0.2) is 0 Å². The van der Waals surface area contributed by atoms with E-state index in [1.165, 1.54) is 0 Å². The molecule has 4 heteroatoms. The van der Waals surface area contributed by atoms with Crippen molar-refractivity contribution in [1.82, 2.24) is 5.32 Å². The lowest BCUT2D eigenvalue weighted by Crippen LogP contribution is -2.39. The van der Waals surface area contributed by atoms with Crippen LogP contribution in [0.2, 0.25) is 0 Å². The average Bonchev–Trinajstić information content (AvgIpc) is 2.00. The third-order valence-corrected chi connectivity index (χ3v) is 1.84. The Bertz CT molecular complexity index is 181. The van der Waals surface area contributed by atoms with Gasteiger partial charge in [-0.1, -0.05) is 13.3 Å². The number of alkyl carbamates (subject to hydrolysis) is 1. The summed E-state index contributed by atoms with van der Waals surface area (Å²) < 4.78 is 5.13. The summed E-state index contributed by atoms with van der Waals surface area (Å²) in [5.41, 5.74) is -0.472. The fourth-order valence-electron chi connectivity index (χ4n) is 1.27. The molecule has 0 spiro atoms. The number of hydrogen-bond acceptors (Lipinski definition) is 3. The number of aliphatic hydroxyl groups is 1. The van der Waals surface area contributed by atoms with Crippen LogP contribution in [0.1, 0.15) is 47.0 Å². The van der Waals surface area contributed by atoms with Gasteiger partial charge in [-0.15, -0.1) is 0 Å². The summed E-state index contributed by atoms with van der Waals surface area (Å²) in [6.07, 6.45) is 2.00. The van der Waals surface area contributed by atoms with Crippen molar-refractivity contribution < 1.29 is 14.6 Å². The molecule has 0 aromatic carbocycles. The van der Waals surface area contributed by atoms with Crippen LogP contribution in [0.25, 0.3) is 0 Å². The first-order valence-corrected chi connectivity index (χ1v) is 5.49. The molecule has 0 rings (SSSR count). The summed E-state index contributed by atoms with van der Waals surface area (Å²) in [5, 5.41) is 11.6. The lowest BCUT2D eigenvalue weighted by Gasteiger charge is -2.23. The quantitative estimate of drug-likeness (QED) is 0.741. The summed E-state index contributed by atoms with van der Waals surface area (Å²) in [6.45, 7) is 7.61. The fourth-order valence-corrected chi connectivity index (χ4v) is 1.27. The molecule has 90 valence electrons. The summed E-state index contributed by atoms with van der Waals surface area (Å²) in [5.74, 6) is 0. The number of nitrogens with one attached hydrogen (secondary N) is 1. The lowest BCUT2D eigenvalue weighted by molar-refractivity contribution is 0.0494. The zero-order valence-electron chi connectivity index (χ0n) is 10.2. The van der Waals surface area contributed by atoms with Crippen molar-refractivity contribution >= 4 is 6.09 Å². The molecule has 2 N–H and O–H groups in total. The molecule has 1 atom stereocenters. The van der Waals surface area contributed by atoms with Gasteiger partial charge >= 0.3 is 6.09 Å². The Balaban J connectivity index is 3.99. The maximum absolute atomic E-state index is 11.4. The normalized spacial score (nSPS) is 13.4. The maximum atomic E-state index is 11.4. The third-order valence-electron chi connectivity index (χ3n) is 1.84. The van der Waals surface area contributed by atoms with Crippen LogP contribution in [0.5, 0.6) is 0 Å². The molecular formula is C11H23NO3. The lowest BCUT2D eigenvalue weighted by atomic mass is 10.1. The first kappa shape index (κ1) is 14.2. The zero-order valence-corrected chi connectivity index (χ0v) is 10.2. The van der Waals surface area contributed by atoms with Gasteiger partial charge in [0.25, 0.3) is 0 Å². The first-order valence-electron chi connectivity index (χ1n) is 5.49. The number of ether oxygens (including phenoxy) is 1. The monoisotopic (exact) mass is 217 g/mol. The summed E-state index contributed by atoms with van der Waals surface area (Å²) in [4.78, 5) is 11.4. The molecule has 0 radical (unpaired) electrons. The molecule has 0 fully saturated rings. The van der Waals surface area contributed by atoms with E-state index in [1.54, 1.807) is 0 Å². The minimum Gasteiger partial charge on any atom is -0.444 e. The van der Waals surface area contributed by atoms with Gasteiger partial charge < -0.3 is 15.2 Å². The van der Waals surface area contributed by atoms with Crippen molar-refractivity contribution in [2.24, 2.45) is 0 Å². The second-order valence-electron chi connectivity index (χ2n) is 4.64.